The Kier molecular flexibility index (Phi) is 14.4. The van der Waals surface area contributed by atoms with E-state index in [-0.39, 0.29) is 20.1 Å². The number of para-hydroxylation sites is 2. The number of hydrogen-bond donors (Lipinski definition) is 0. The maximum Gasteiger partial charge on any atom is 0 e. The summed E-state index contributed by atoms with van der Waals surface area (Å²) in [6.45, 7) is 20.9. The zero-order valence-electron chi connectivity index (χ0n) is 38.1. The molecular formula is C54H61GeIrN3OSi-2. The monoisotopic (exact) mass is 1060 g/mol. The van der Waals surface area contributed by atoms with Crippen molar-refractivity contribution in [2.75, 3.05) is 0 Å². The van der Waals surface area contributed by atoms with Crippen LogP contribution in [0.2, 0.25) is 36.9 Å². The van der Waals surface area contributed by atoms with E-state index in [1.165, 1.54) is 43.1 Å². The van der Waals surface area contributed by atoms with E-state index >= 15 is 0 Å². The number of nitrogens with zero attached hydrogens (tertiary/aromatic N) is 3. The molecule has 3 aromatic heterocycles. The van der Waals surface area contributed by atoms with Crippen molar-refractivity contribution in [3.8, 4) is 39.5 Å². The Morgan fingerprint density at radius 2 is 1.39 bits per heavy atom. The molecule has 3 heterocycles. The zero-order valence-corrected chi connectivity index (χ0v) is 43.6. The molecule has 61 heavy (non-hydrogen) atoms. The van der Waals surface area contributed by atoms with E-state index in [0.29, 0.717) is 17.8 Å². The molecule has 0 saturated carbocycles. The number of rotatable bonds is 10. The van der Waals surface area contributed by atoms with Crippen molar-refractivity contribution < 1.29 is 24.5 Å². The van der Waals surface area contributed by atoms with Crippen molar-refractivity contribution in [1.82, 2.24) is 14.5 Å². The Bertz CT molecular complexity index is 2710. The largest absolute Gasteiger partial charge is 0 e. The van der Waals surface area contributed by atoms with E-state index in [1.54, 1.807) is 0 Å². The molecule has 7 heteroatoms. The fourth-order valence-corrected chi connectivity index (χ4v) is 12.1. The predicted molar refractivity (Wildman–Crippen MR) is 262 cm³/mol. The maximum absolute atomic E-state index is 6.03. The molecule has 0 aliphatic carbocycles. The van der Waals surface area contributed by atoms with Gasteiger partial charge >= 0.3 is 223 Å². The van der Waals surface area contributed by atoms with Crippen LogP contribution in [0, 0.1) is 18.2 Å². The molecule has 0 atom stereocenters. The van der Waals surface area contributed by atoms with Gasteiger partial charge in [0.2, 0.25) is 0 Å². The minimum absolute atomic E-state index is 0. The van der Waals surface area contributed by atoms with Gasteiger partial charge in [0.15, 0.2) is 0 Å². The summed E-state index contributed by atoms with van der Waals surface area (Å²) < 4.78 is 9.86. The van der Waals surface area contributed by atoms with Gasteiger partial charge in [-0.05, 0) is 23.2 Å². The summed E-state index contributed by atoms with van der Waals surface area (Å²) in [5.41, 5.74) is 13.8. The topological polar surface area (TPSA) is 43.9 Å². The Hall–Kier alpha value is -4.33. The zero-order chi connectivity index (χ0) is 42.9. The van der Waals surface area contributed by atoms with Crippen molar-refractivity contribution in [1.29, 1.82) is 0 Å². The third-order valence-corrected chi connectivity index (χ3v) is 17.7. The fraction of sp³-hybridized carbons (Fsp3) is 0.296. The second-order valence-electron chi connectivity index (χ2n) is 19.3. The molecule has 0 saturated heterocycles. The summed E-state index contributed by atoms with van der Waals surface area (Å²) in [6, 6.07) is 44.2. The number of fused-ring (bicyclic) bond motifs is 2. The molecule has 0 N–H and O–H groups in total. The molecule has 1 radical (unpaired) electrons. The van der Waals surface area contributed by atoms with Crippen LogP contribution in [0.1, 0.15) is 70.1 Å². The van der Waals surface area contributed by atoms with Gasteiger partial charge in [-0.1, -0.05) is 63.3 Å². The smallest absolute Gasteiger partial charge is 0 e. The van der Waals surface area contributed by atoms with E-state index in [2.05, 4.69) is 204 Å². The van der Waals surface area contributed by atoms with Crippen LogP contribution in [-0.4, -0.2) is 35.9 Å². The predicted octanol–water partition coefficient (Wildman–Crippen LogP) is 14.0. The van der Waals surface area contributed by atoms with Gasteiger partial charge in [-0.15, -0.1) is 35.9 Å². The van der Waals surface area contributed by atoms with Crippen molar-refractivity contribution in [2.24, 2.45) is 5.92 Å². The van der Waals surface area contributed by atoms with Gasteiger partial charge in [-0.25, -0.2) is 0 Å². The van der Waals surface area contributed by atoms with Gasteiger partial charge in [0.05, 0.1) is 8.07 Å². The molecule has 0 spiro atoms. The standard InChI is InChI=1S/C36H37GeN2O.C18H24NSi.Ir/c1-23(2)28-19-26(25-13-9-8-10-14-25)20-29(24(3)4)35(28)39-33-16-12-11-15-32(33)38-36(39)31-22-40-34-18-17-27(21-30(31)34)37(5,6)7;1-14(2)11-16-12-17(15-9-7-6-8-10-15)19-13-18(16)20(3,4)5;/h8-21,23-24H,1-7H3;6-9,12-14H,11H2,1-5H3;/q2*-1;. The first-order chi connectivity index (χ1) is 28.5. The van der Waals surface area contributed by atoms with Crippen molar-refractivity contribution in [3.63, 3.8) is 0 Å². The molecule has 8 aromatic rings. The van der Waals surface area contributed by atoms with Crippen LogP contribution in [0.15, 0.2) is 126 Å². The summed E-state index contributed by atoms with van der Waals surface area (Å²) in [5, 5.41) is 2.58. The molecule has 5 aromatic carbocycles. The van der Waals surface area contributed by atoms with E-state index in [4.69, 9.17) is 9.40 Å². The van der Waals surface area contributed by atoms with Crippen LogP contribution in [-0.2, 0) is 26.5 Å². The van der Waals surface area contributed by atoms with Gasteiger partial charge in [-0.2, -0.15) is 0 Å². The van der Waals surface area contributed by atoms with Crippen LogP contribution < -0.4 is 9.58 Å². The van der Waals surface area contributed by atoms with Crippen LogP contribution >= 0.6 is 0 Å². The third-order valence-electron chi connectivity index (χ3n) is 11.3. The average Bonchev–Trinajstić information content (AvgIpc) is 3.81. The van der Waals surface area contributed by atoms with E-state index < -0.39 is 21.3 Å². The second-order valence-corrected chi connectivity index (χ2v) is 35.0. The van der Waals surface area contributed by atoms with Gasteiger partial charge in [0.1, 0.15) is 0 Å². The van der Waals surface area contributed by atoms with Gasteiger partial charge in [-0.3, -0.25) is 0 Å². The van der Waals surface area contributed by atoms with Gasteiger partial charge in [0.25, 0.3) is 0 Å². The van der Waals surface area contributed by atoms with Gasteiger partial charge < -0.3 is 4.98 Å². The number of aromatic nitrogens is 3. The fourth-order valence-electron chi connectivity index (χ4n) is 8.12. The van der Waals surface area contributed by atoms with Gasteiger partial charge in [0, 0.05) is 26.3 Å². The number of pyridine rings is 1. The first kappa shape index (κ1) is 46.2. The summed E-state index contributed by atoms with van der Waals surface area (Å²) in [7, 11) is -1.34. The van der Waals surface area contributed by atoms with Crippen molar-refractivity contribution >= 4 is 52.9 Å². The van der Waals surface area contributed by atoms with Crippen LogP contribution in [0.3, 0.4) is 0 Å². The quantitative estimate of drug-likeness (QED) is 0.101. The normalized spacial score (nSPS) is 12.0. The molecule has 0 aliphatic heterocycles. The molecule has 0 aliphatic rings. The summed E-state index contributed by atoms with van der Waals surface area (Å²) in [5.74, 6) is 9.47. The Balaban J connectivity index is 0.000000250. The minimum atomic E-state index is -2.07. The summed E-state index contributed by atoms with van der Waals surface area (Å²) >= 11 is -2.07. The number of benzene rings is 5. The van der Waals surface area contributed by atoms with E-state index in [0.717, 1.165) is 51.1 Å². The summed E-state index contributed by atoms with van der Waals surface area (Å²) in [6.07, 6.45) is 6.52. The van der Waals surface area contributed by atoms with E-state index in [9.17, 15) is 0 Å². The Morgan fingerprint density at radius 1 is 0.738 bits per heavy atom. The molecular weight excluding hydrogens is 1000 g/mol. The van der Waals surface area contributed by atoms with Crippen LogP contribution in [0.25, 0.3) is 61.5 Å². The first-order valence-electron chi connectivity index (χ1n) is 21.6. The summed E-state index contributed by atoms with van der Waals surface area (Å²) in [4.78, 5) is 9.93. The van der Waals surface area contributed by atoms with Crippen LogP contribution in [0.5, 0.6) is 0 Å². The minimum Gasteiger partial charge on any atom is 0 e. The first-order valence-corrected chi connectivity index (χ1v) is 32.5. The Labute approximate surface area is 382 Å². The SMILES string of the molecule is CC(C)Cc1cc(-c2[c-]cccc2)ncc1[Si](C)(C)C.CC(C)c1cc(-c2ccccc2)cc(C(C)C)c1-n1c(-c2[c-]oc3cc[c]([Ge]([CH3])([CH3])[CH3])cc23)nc2ccccc21.[Ir]. The van der Waals surface area contributed by atoms with Crippen LogP contribution in [0.4, 0.5) is 0 Å². The van der Waals surface area contributed by atoms with Crippen molar-refractivity contribution in [2.45, 2.75) is 96.7 Å². The molecule has 317 valence electrons. The molecule has 8 rings (SSSR count). The molecule has 0 fully saturated rings. The molecule has 4 nitrogen and oxygen atoms in total. The number of imidazole rings is 1. The second kappa shape index (κ2) is 19.0. The van der Waals surface area contributed by atoms with Crippen molar-refractivity contribution in [3.05, 3.63) is 150 Å². The number of hydrogen-bond acceptors (Lipinski definition) is 3. The maximum atomic E-state index is 6.03. The molecule has 0 unspecified atom stereocenters. The van der Waals surface area contributed by atoms with E-state index in [1.807, 2.05) is 18.2 Å². The average molecular weight is 1060 g/mol. The number of furan rings is 1. The molecule has 0 bridgehead atoms. The Morgan fingerprint density at radius 3 is 2.00 bits per heavy atom. The molecule has 0 amide bonds. The third kappa shape index (κ3) is 10.2.